The molecule has 2 aromatic rings. The summed E-state index contributed by atoms with van der Waals surface area (Å²) in [6, 6.07) is 2.76. The number of aromatic nitrogens is 2. The lowest BCUT2D eigenvalue weighted by atomic mass is 10.0. The summed E-state index contributed by atoms with van der Waals surface area (Å²) in [6.07, 6.45) is 2.50. The first kappa shape index (κ1) is 17.1. The second kappa shape index (κ2) is 6.62. The number of hydrogen-bond acceptors (Lipinski definition) is 3. The van der Waals surface area contributed by atoms with Crippen LogP contribution in [0.1, 0.15) is 45.3 Å². The van der Waals surface area contributed by atoms with Crippen molar-refractivity contribution in [2.75, 3.05) is 13.1 Å². The first-order chi connectivity index (χ1) is 11.9. The number of likely N-dealkylation sites (tertiary alicyclic amines) is 1. The lowest BCUT2D eigenvalue weighted by molar-refractivity contribution is 0.0687. The predicted molar refractivity (Wildman–Crippen MR) is 84.5 cm³/mol. The predicted octanol–water partition coefficient (Wildman–Crippen LogP) is 2.65. The van der Waals surface area contributed by atoms with Crippen LogP contribution in [0.2, 0.25) is 0 Å². The van der Waals surface area contributed by atoms with Gasteiger partial charge in [0.15, 0.2) is 0 Å². The van der Waals surface area contributed by atoms with E-state index in [4.69, 9.17) is 5.11 Å². The highest BCUT2D eigenvalue weighted by Crippen LogP contribution is 2.25. The van der Waals surface area contributed by atoms with Gasteiger partial charge >= 0.3 is 5.97 Å². The van der Waals surface area contributed by atoms with E-state index in [0.29, 0.717) is 31.6 Å². The SMILES string of the molecule is Cc1c(C(=O)O)cnn1C1CCN(C(=O)c2cc(F)cc(F)c2)CC1. The number of piperidine rings is 1. The lowest BCUT2D eigenvalue weighted by Crippen LogP contribution is -2.39. The van der Waals surface area contributed by atoms with Gasteiger partial charge in [0.1, 0.15) is 17.2 Å². The van der Waals surface area contributed by atoms with Crippen molar-refractivity contribution in [1.82, 2.24) is 14.7 Å². The highest BCUT2D eigenvalue weighted by molar-refractivity contribution is 5.94. The van der Waals surface area contributed by atoms with Gasteiger partial charge < -0.3 is 10.0 Å². The summed E-state index contributed by atoms with van der Waals surface area (Å²) >= 11 is 0. The maximum Gasteiger partial charge on any atom is 0.339 e. The highest BCUT2D eigenvalue weighted by atomic mass is 19.1. The Morgan fingerprint density at radius 1 is 1.16 bits per heavy atom. The molecule has 6 nitrogen and oxygen atoms in total. The smallest absolute Gasteiger partial charge is 0.339 e. The van der Waals surface area contributed by atoms with Crippen molar-refractivity contribution in [2.24, 2.45) is 0 Å². The van der Waals surface area contributed by atoms with Gasteiger partial charge in [0.2, 0.25) is 0 Å². The van der Waals surface area contributed by atoms with Crippen LogP contribution >= 0.6 is 0 Å². The molecule has 1 N–H and O–H groups in total. The largest absolute Gasteiger partial charge is 0.478 e. The molecule has 0 spiro atoms. The Hall–Kier alpha value is -2.77. The quantitative estimate of drug-likeness (QED) is 0.924. The monoisotopic (exact) mass is 349 g/mol. The van der Waals surface area contributed by atoms with Crippen LogP contribution in [0.5, 0.6) is 0 Å². The zero-order chi connectivity index (χ0) is 18.1. The zero-order valence-electron chi connectivity index (χ0n) is 13.6. The molecule has 0 bridgehead atoms. The van der Waals surface area contributed by atoms with Gasteiger partial charge in [-0.3, -0.25) is 9.48 Å². The number of amides is 1. The molecule has 0 radical (unpaired) electrons. The third kappa shape index (κ3) is 3.38. The Kier molecular flexibility index (Phi) is 4.52. The van der Waals surface area contributed by atoms with Crippen LogP contribution in [0.3, 0.4) is 0 Å². The molecule has 1 aromatic carbocycles. The van der Waals surface area contributed by atoms with E-state index >= 15 is 0 Å². The van der Waals surface area contributed by atoms with Crippen molar-refractivity contribution >= 4 is 11.9 Å². The number of halogens is 2. The van der Waals surface area contributed by atoms with Gasteiger partial charge in [-0.1, -0.05) is 0 Å². The van der Waals surface area contributed by atoms with Gasteiger partial charge in [-0.15, -0.1) is 0 Å². The van der Waals surface area contributed by atoms with Crippen LogP contribution in [0.4, 0.5) is 8.78 Å². The highest BCUT2D eigenvalue weighted by Gasteiger charge is 2.27. The van der Waals surface area contributed by atoms with Gasteiger partial charge in [-0.25, -0.2) is 13.6 Å². The number of benzene rings is 1. The molecular weight excluding hydrogens is 332 g/mol. The molecule has 0 unspecified atom stereocenters. The fraction of sp³-hybridized carbons (Fsp3) is 0.353. The molecule has 1 aliphatic rings. The third-order valence-electron chi connectivity index (χ3n) is 4.48. The molecule has 0 aliphatic carbocycles. The van der Waals surface area contributed by atoms with Crippen LogP contribution in [-0.4, -0.2) is 44.8 Å². The van der Waals surface area contributed by atoms with Crippen molar-refractivity contribution in [3.8, 4) is 0 Å². The molecule has 1 aliphatic heterocycles. The van der Waals surface area contributed by atoms with Gasteiger partial charge in [-0.2, -0.15) is 5.10 Å². The van der Waals surface area contributed by atoms with E-state index in [1.165, 1.54) is 6.20 Å². The van der Waals surface area contributed by atoms with E-state index in [-0.39, 0.29) is 17.2 Å². The summed E-state index contributed by atoms with van der Waals surface area (Å²) in [5.74, 6) is -3.01. The molecule has 0 saturated carbocycles. The average molecular weight is 349 g/mol. The summed E-state index contributed by atoms with van der Waals surface area (Å²) in [5, 5.41) is 13.2. The number of carbonyl (C=O) groups is 2. The number of rotatable bonds is 3. The van der Waals surface area contributed by atoms with E-state index < -0.39 is 23.5 Å². The molecule has 132 valence electrons. The van der Waals surface area contributed by atoms with Crippen LogP contribution < -0.4 is 0 Å². The molecule has 3 rings (SSSR count). The third-order valence-corrected chi connectivity index (χ3v) is 4.48. The minimum Gasteiger partial charge on any atom is -0.478 e. The van der Waals surface area contributed by atoms with E-state index in [9.17, 15) is 18.4 Å². The minimum absolute atomic E-state index is 0.0126. The Morgan fingerprint density at radius 2 is 1.76 bits per heavy atom. The number of hydrogen-bond donors (Lipinski definition) is 1. The van der Waals surface area contributed by atoms with Crippen molar-refractivity contribution in [3.05, 3.63) is 52.9 Å². The van der Waals surface area contributed by atoms with Crippen molar-refractivity contribution < 1.29 is 23.5 Å². The molecule has 1 amide bonds. The minimum atomic E-state index is -1.02. The van der Waals surface area contributed by atoms with Crippen molar-refractivity contribution in [3.63, 3.8) is 0 Å². The Bertz CT molecular complexity index is 806. The van der Waals surface area contributed by atoms with E-state index in [1.807, 2.05) is 0 Å². The fourth-order valence-corrected chi connectivity index (χ4v) is 3.17. The van der Waals surface area contributed by atoms with Crippen LogP contribution in [0, 0.1) is 18.6 Å². The average Bonchev–Trinajstić information content (AvgIpc) is 2.95. The van der Waals surface area contributed by atoms with Crippen molar-refractivity contribution in [2.45, 2.75) is 25.8 Å². The molecule has 25 heavy (non-hydrogen) atoms. The maximum absolute atomic E-state index is 13.3. The van der Waals surface area contributed by atoms with Gasteiger partial charge in [0.05, 0.1) is 17.9 Å². The van der Waals surface area contributed by atoms with Crippen LogP contribution in [-0.2, 0) is 0 Å². The second-order valence-electron chi connectivity index (χ2n) is 6.07. The lowest BCUT2D eigenvalue weighted by Gasteiger charge is -2.32. The molecule has 1 saturated heterocycles. The number of carbonyl (C=O) groups excluding carboxylic acids is 1. The van der Waals surface area contributed by atoms with Gasteiger partial charge in [-0.05, 0) is 31.9 Å². The Balaban J connectivity index is 1.69. The first-order valence-electron chi connectivity index (χ1n) is 7.89. The number of carboxylic acids is 1. The molecule has 8 heteroatoms. The van der Waals surface area contributed by atoms with Gasteiger partial charge in [0, 0.05) is 24.7 Å². The molecular formula is C17H17F2N3O3. The second-order valence-corrected chi connectivity index (χ2v) is 6.07. The number of carboxylic acid groups (broad SMARTS) is 1. The topological polar surface area (TPSA) is 75.4 Å². The van der Waals surface area contributed by atoms with Gasteiger partial charge in [0.25, 0.3) is 5.91 Å². The summed E-state index contributed by atoms with van der Waals surface area (Å²) in [5.41, 5.74) is 0.720. The number of aromatic carboxylic acids is 1. The van der Waals surface area contributed by atoms with E-state index in [0.717, 1.165) is 18.2 Å². The molecule has 0 atom stereocenters. The summed E-state index contributed by atoms with van der Waals surface area (Å²) in [7, 11) is 0. The normalized spacial score (nSPS) is 15.4. The first-order valence-corrected chi connectivity index (χ1v) is 7.89. The molecule has 1 aromatic heterocycles. The summed E-state index contributed by atoms with van der Waals surface area (Å²) in [4.78, 5) is 25.0. The van der Waals surface area contributed by atoms with Crippen molar-refractivity contribution in [1.29, 1.82) is 0 Å². The van der Waals surface area contributed by atoms with E-state index in [1.54, 1.807) is 16.5 Å². The summed E-state index contributed by atoms with van der Waals surface area (Å²) < 4.78 is 28.2. The van der Waals surface area contributed by atoms with Crippen LogP contribution in [0.25, 0.3) is 0 Å². The Labute approximate surface area is 142 Å². The maximum atomic E-state index is 13.3. The molecule has 1 fully saturated rings. The Morgan fingerprint density at radius 3 is 2.28 bits per heavy atom. The standard InChI is InChI=1S/C17H17F2N3O3/c1-10-15(17(24)25)9-20-22(10)14-2-4-21(5-3-14)16(23)11-6-12(18)8-13(19)7-11/h6-9,14H,2-5H2,1H3,(H,24,25). The summed E-state index contributed by atoms with van der Waals surface area (Å²) in [6.45, 7) is 2.51. The van der Waals surface area contributed by atoms with Crippen LogP contribution in [0.15, 0.2) is 24.4 Å². The molecule has 2 heterocycles. The number of nitrogens with zero attached hydrogens (tertiary/aromatic N) is 3. The fourth-order valence-electron chi connectivity index (χ4n) is 3.17. The van der Waals surface area contributed by atoms with E-state index in [2.05, 4.69) is 5.10 Å². The zero-order valence-corrected chi connectivity index (χ0v) is 13.6.